The summed E-state index contributed by atoms with van der Waals surface area (Å²) in [6, 6.07) is 7.15. The minimum absolute atomic E-state index is 0.0140. The highest BCUT2D eigenvalue weighted by molar-refractivity contribution is 6.04. The Labute approximate surface area is 186 Å². The number of hydrogen-bond acceptors (Lipinski definition) is 7. The molecule has 0 aliphatic rings. The number of rotatable bonds is 7. The van der Waals surface area contributed by atoms with Gasteiger partial charge in [-0.25, -0.2) is 14.5 Å². The van der Waals surface area contributed by atoms with E-state index in [0.717, 1.165) is 0 Å². The Bertz CT molecular complexity index is 1170. The Morgan fingerprint density at radius 1 is 1.28 bits per heavy atom. The minimum Gasteiger partial charge on any atom is -0.463 e. The van der Waals surface area contributed by atoms with Gasteiger partial charge in [-0.3, -0.25) is 4.79 Å². The van der Waals surface area contributed by atoms with Crippen molar-refractivity contribution in [1.82, 2.24) is 20.1 Å². The van der Waals surface area contributed by atoms with Crippen LogP contribution in [0.2, 0.25) is 0 Å². The van der Waals surface area contributed by atoms with Crippen LogP contribution < -0.4 is 5.32 Å². The van der Waals surface area contributed by atoms with Crippen molar-refractivity contribution in [2.75, 3.05) is 0 Å². The highest BCUT2D eigenvalue weighted by Gasteiger charge is 2.33. The van der Waals surface area contributed by atoms with Gasteiger partial charge in [-0.15, -0.1) is 0 Å². The summed E-state index contributed by atoms with van der Waals surface area (Å²) in [5, 5.41) is 17.0. The molecular weight excluding hydrogens is 410 g/mol. The van der Waals surface area contributed by atoms with E-state index in [0.29, 0.717) is 22.5 Å². The largest absolute Gasteiger partial charge is 0.463 e. The van der Waals surface area contributed by atoms with Gasteiger partial charge in [-0.05, 0) is 51.8 Å². The van der Waals surface area contributed by atoms with Crippen molar-refractivity contribution >= 4 is 22.9 Å². The lowest BCUT2D eigenvalue weighted by Gasteiger charge is -2.28. The Morgan fingerprint density at radius 2 is 2.00 bits per heavy atom. The number of pyridine rings is 1. The van der Waals surface area contributed by atoms with Gasteiger partial charge in [0, 0.05) is 6.04 Å². The van der Waals surface area contributed by atoms with Gasteiger partial charge in [0.1, 0.15) is 11.2 Å². The first-order valence-corrected chi connectivity index (χ1v) is 10.4. The number of carbonyl (C=O) groups is 2. The predicted molar refractivity (Wildman–Crippen MR) is 117 cm³/mol. The second kappa shape index (κ2) is 8.83. The fourth-order valence-electron chi connectivity index (χ4n) is 3.05. The van der Waals surface area contributed by atoms with Crippen molar-refractivity contribution in [3.05, 3.63) is 36.2 Å². The van der Waals surface area contributed by atoms with E-state index in [1.807, 2.05) is 27.7 Å². The number of carbonyl (C=O) groups excluding carboxylic acids is 2. The van der Waals surface area contributed by atoms with Gasteiger partial charge in [-0.1, -0.05) is 13.8 Å². The summed E-state index contributed by atoms with van der Waals surface area (Å²) in [5.74, 6) is -0.883. The number of fused-ring (bicyclic) bond motifs is 1. The molecule has 3 heterocycles. The van der Waals surface area contributed by atoms with E-state index in [1.165, 1.54) is 13.2 Å². The Hall–Kier alpha value is -3.67. The first-order chi connectivity index (χ1) is 15.1. The monoisotopic (exact) mass is 437 g/mol. The molecule has 3 rings (SSSR count). The highest BCUT2D eigenvalue weighted by Crippen LogP contribution is 2.27. The first kappa shape index (κ1) is 23.0. The van der Waals surface area contributed by atoms with Gasteiger partial charge in [0.2, 0.25) is 0 Å². The van der Waals surface area contributed by atoms with E-state index >= 15 is 0 Å². The third kappa shape index (κ3) is 4.35. The topological polar surface area (TPSA) is 123 Å². The zero-order valence-corrected chi connectivity index (χ0v) is 19.0. The van der Waals surface area contributed by atoms with Gasteiger partial charge in [0.25, 0.3) is 5.91 Å². The van der Waals surface area contributed by atoms with Crippen LogP contribution in [0, 0.1) is 17.2 Å². The zero-order chi connectivity index (χ0) is 23.6. The molecule has 0 saturated heterocycles. The number of aromatic nitrogens is 3. The average Bonchev–Trinajstić information content (AvgIpc) is 3.42. The Morgan fingerprint density at radius 3 is 2.56 bits per heavy atom. The molecule has 1 amide bonds. The molecule has 0 aromatic carbocycles. The summed E-state index contributed by atoms with van der Waals surface area (Å²) in [6.07, 6.45) is 1.97. The van der Waals surface area contributed by atoms with E-state index < -0.39 is 23.5 Å². The van der Waals surface area contributed by atoms with Gasteiger partial charge < -0.3 is 14.5 Å². The summed E-state index contributed by atoms with van der Waals surface area (Å²) >= 11 is 0. The van der Waals surface area contributed by atoms with Crippen LogP contribution in [-0.4, -0.2) is 38.3 Å². The molecule has 0 aliphatic heterocycles. The number of ether oxygens (including phenoxy) is 1. The number of amides is 1. The Balaban J connectivity index is 1.94. The van der Waals surface area contributed by atoms with Gasteiger partial charge in [0.05, 0.1) is 29.5 Å². The normalized spacial score (nSPS) is 14.2. The quantitative estimate of drug-likeness (QED) is 0.557. The van der Waals surface area contributed by atoms with Crippen LogP contribution in [0.4, 0.5) is 0 Å². The number of esters is 1. The molecule has 0 saturated carbocycles. The van der Waals surface area contributed by atoms with Crippen LogP contribution >= 0.6 is 0 Å². The zero-order valence-electron chi connectivity index (χ0n) is 19.0. The lowest BCUT2D eigenvalue weighted by atomic mass is 9.90. The minimum atomic E-state index is -1.11. The summed E-state index contributed by atoms with van der Waals surface area (Å²) in [7, 11) is 0. The highest BCUT2D eigenvalue weighted by atomic mass is 16.5. The van der Waals surface area contributed by atoms with Crippen LogP contribution in [0.3, 0.4) is 0 Å². The van der Waals surface area contributed by atoms with Crippen LogP contribution in [0.25, 0.3) is 22.5 Å². The standard InChI is InChI=1S/C23H27N5O4/c1-13(2)23(6,12-24)27-21(29)15(5)32-22(30)16-10-18(19-8-7-9-31-19)26-20-17(16)11-25-28(20)14(3)4/h7-11,13-15H,1-6H3,(H,27,29). The van der Waals surface area contributed by atoms with Crippen LogP contribution in [0.5, 0.6) is 0 Å². The summed E-state index contributed by atoms with van der Waals surface area (Å²) in [6.45, 7) is 10.7. The van der Waals surface area contributed by atoms with E-state index in [9.17, 15) is 14.9 Å². The lowest BCUT2D eigenvalue weighted by molar-refractivity contribution is -0.130. The van der Waals surface area contributed by atoms with Crippen LogP contribution in [0.1, 0.15) is 57.9 Å². The maximum atomic E-state index is 13.1. The maximum Gasteiger partial charge on any atom is 0.339 e. The van der Waals surface area contributed by atoms with Crippen molar-refractivity contribution in [3.63, 3.8) is 0 Å². The molecule has 3 aromatic heterocycles. The number of nitrogens with zero attached hydrogens (tertiary/aromatic N) is 4. The molecule has 168 valence electrons. The summed E-state index contributed by atoms with van der Waals surface area (Å²) < 4.78 is 12.6. The average molecular weight is 438 g/mol. The summed E-state index contributed by atoms with van der Waals surface area (Å²) in [4.78, 5) is 30.3. The molecule has 0 radical (unpaired) electrons. The molecule has 2 atom stereocenters. The van der Waals surface area contributed by atoms with E-state index in [2.05, 4.69) is 21.5 Å². The second-order valence-electron chi connectivity index (χ2n) is 8.46. The number of hydrogen-bond donors (Lipinski definition) is 1. The lowest BCUT2D eigenvalue weighted by Crippen LogP contribution is -2.52. The number of nitriles is 1. The maximum absolute atomic E-state index is 13.1. The van der Waals surface area contributed by atoms with Gasteiger partial charge >= 0.3 is 5.97 Å². The number of furan rings is 1. The number of nitrogens with one attached hydrogen (secondary N) is 1. The van der Waals surface area contributed by atoms with Gasteiger partial charge in [-0.2, -0.15) is 10.4 Å². The third-order valence-corrected chi connectivity index (χ3v) is 5.47. The van der Waals surface area contributed by atoms with Crippen molar-refractivity contribution in [3.8, 4) is 17.5 Å². The van der Waals surface area contributed by atoms with E-state index in [4.69, 9.17) is 9.15 Å². The molecule has 0 fully saturated rings. The molecule has 0 aliphatic carbocycles. The van der Waals surface area contributed by atoms with Crippen LogP contribution in [-0.2, 0) is 9.53 Å². The molecule has 32 heavy (non-hydrogen) atoms. The van der Waals surface area contributed by atoms with Crippen molar-refractivity contribution in [2.24, 2.45) is 5.92 Å². The molecule has 1 N–H and O–H groups in total. The third-order valence-electron chi connectivity index (χ3n) is 5.47. The molecule has 2 unspecified atom stereocenters. The van der Waals surface area contributed by atoms with E-state index in [1.54, 1.807) is 36.0 Å². The van der Waals surface area contributed by atoms with Gasteiger partial charge in [0.15, 0.2) is 17.5 Å². The smallest absolute Gasteiger partial charge is 0.339 e. The van der Waals surface area contributed by atoms with E-state index in [-0.39, 0.29) is 17.5 Å². The SMILES string of the molecule is CC(OC(=O)c1cc(-c2ccco2)nc2c1cnn2C(C)C)C(=O)NC(C)(C#N)C(C)C. The molecule has 3 aromatic rings. The molecular formula is C23H27N5O4. The summed E-state index contributed by atoms with van der Waals surface area (Å²) in [5.41, 5.74) is 0.104. The first-order valence-electron chi connectivity index (χ1n) is 10.4. The van der Waals surface area contributed by atoms with Crippen LogP contribution in [0.15, 0.2) is 35.1 Å². The molecule has 9 heteroatoms. The van der Waals surface area contributed by atoms with Crippen molar-refractivity contribution in [1.29, 1.82) is 5.26 Å². The molecule has 0 bridgehead atoms. The van der Waals surface area contributed by atoms with Crippen molar-refractivity contribution < 1.29 is 18.7 Å². The van der Waals surface area contributed by atoms with Crippen molar-refractivity contribution in [2.45, 2.75) is 59.2 Å². The fraction of sp³-hybridized carbons (Fsp3) is 0.435. The Kier molecular flexibility index (Phi) is 6.35. The molecule has 9 nitrogen and oxygen atoms in total. The second-order valence-corrected chi connectivity index (χ2v) is 8.46. The fourth-order valence-corrected chi connectivity index (χ4v) is 3.05. The molecule has 0 spiro atoms. The predicted octanol–water partition coefficient (Wildman–Crippen LogP) is 3.87.